The summed E-state index contributed by atoms with van der Waals surface area (Å²) in [5, 5.41) is 16.4. The number of halogens is 1. The molecule has 1 aliphatic heterocycles. The van der Waals surface area contributed by atoms with Crippen molar-refractivity contribution in [2.24, 2.45) is 4.99 Å². The summed E-state index contributed by atoms with van der Waals surface area (Å²) in [5.74, 6) is 0.461. The number of aliphatic hydroxyl groups excluding tert-OH is 1. The molecule has 0 spiro atoms. The fourth-order valence-corrected chi connectivity index (χ4v) is 4.02. The van der Waals surface area contributed by atoms with E-state index in [2.05, 4.69) is 21.7 Å². The van der Waals surface area contributed by atoms with Gasteiger partial charge in [0, 0.05) is 30.2 Å². The molecule has 3 rings (SSSR count). The van der Waals surface area contributed by atoms with Gasteiger partial charge in [0.15, 0.2) is 5.96 Å². The van der Waals surface area contributed by atoms with E-state index in [-0.39, 0.29) is 19.0 Å². The molecular formula is C19H23ClN4O2S. The van der Waals surface area contributed by atoms with Crippen molar-refractivity contribution in [3.05, 3.63) is 51.2 Å². The number of nitrogens with one attached hydrogen (secondary N) is 2. The largest absolute Gasteiger partial charge is 0.386 e. The van der Waals surface area contributed by atoms with Gasteiger partial charge in [0.2, 0.25) is 5.91 Å². The molecule has 0 bridgehead atoms. The summed E-state index contributed by atoms with van der Waals surface area (Å²) < 4.78 is 0.640. The lowest BCUT2D eigenvalue weighted by atomic mass is 10.2. The molecule has 144 valence electrons. The second kappa shape index (κ2) is 9.21. The van der Waals surface area contributed by atoms with Crippen LogP contribution in [0.4, 0.5) is 5.69 Å². The van der Waals surface area contributed by atoms with Gasteiger partial charge >= 0.3 is 0 Å². The molecule has 2 heterocycles. The zero-order valence-corrected chi connectivity index (χ0v) is 16.7. The predicted octanol–water partition coefficient (Wildman–Crippen LogP) is 2.58. The van der Waals surface area contributed by atoms with E-state index in [9.17, 15) is 9.90 Å². The molecule has 0 saturated heterocycles. The third-order valence-corrected chi connectivity index (χ3v) is 5.62. The molecule has 1 aliphatic rings. The Hall–Kier alpha value is -2.09. The van der Waals surface area contributed by atoms with Crippen LogP contribution in [0.25, 0.3) is 0 Å². The number of para-hydroxylation sites is 1. The van der Waals surface area contributed by atoms with Crippen LogP contribution in [0.3, 0.4) is 0 Å². The molecule has 1 aromatic carbocycles. The summed E-state index contributed by atoms with van der Waals surface area (Å²) in [4.78, 5) is 19.5. The quantitative estimate of drug-likeness (QED) is 0.509. The number of carbonyl (C=O) groups excluding carboxylic acids is 1. The molecule has 8 heteroatoms. The minimum atomic E-state index is -0.687. The van der Waals surface area contributed by atoms with Crippen LogP contribution in [-0.2, 0) is 11.2 Å². The molecule has 1 aromatic heterocycles. The number of hydrogen-bond acceptors (Lipinski definition) is 4. The van der Waals surface area contributed by atoms with E-state index in [1.165, 1.54) is 16.9 Å². The van der Waals surface area contributed by atoms with Crippen molar-refractivity contribution in [2.45, 2.75) is 19.4 Å². The maximum absolute atomic E-state index is 12.6. The Kier molecular flexibility index (Phi) is 6.71. The van der Waals surface area contributed by atoms with Gasteiger partial charge in [-0.15, -0.1) is 11.3 Å². The van der Waals surface area contributed by atoms with E-state index in [0.29, 0.717) is 23.4 Å². The molecule has 27 heavy (non-hydrogen) atoms. The third kappa shape index (κ3) is 5.00. The van der Waals surface area contributed by atoms with Gasteiger partial charge in [-0.25, -0.2) is 4.99 Å². The standard InChI is InChI=1S/C19H23ClN4O2S/c1-2-21-19(22-11-15(25)16-7-8-17(20)27-16)23-12-18(26)24-10-9-13-5-3-4-6-14(13)24/h3-8,15,25H,2,9-12H2,1H3,(H2,21,22,23). The number of benzene rings is 1. The van der Waals surface area contributed by atoms with Crippen molar-refractivity contribution < 1.29 is 9.90 Å². The van der Waals surface area contributed by atoms with Crippen molar-refractivity contribution in [3.8, 4) is 0 Å². The molecule has 2 aromatic rings. The molecule has 0 saturated carbocycles. The van der Waals surface area contributed by atoms with E-state index >= 15 is 0 Å². The van der Waals surface area contributed by atoms with Crippen molar-refractivity contribution in [1.82, 2.24) is 10.6 Å². The van der Waals surface area contributed by atoms with Crippen LogP contribution in [-0.4, -0.2) is 43.2 Å². The van der Waals surface area contributed by atoms with Gasteiger partial charge in [0.25, 0.3) is 0 Å². The number of aliphatic imine (C=N–C) groups is 1. The van der Waals surface area contributed by atoms with Crippen LogP contribution in [0.1, 0.15) is 23.5 Å². The number of aliphatic hydroxyl groups is 1. The third-order valence-electron chi connectivity index (χ3n) is 4.29. The van der Waals surface area contributed by atoms with Crippen molar-refractivity contribution in [3.63, 3.8) is 0 Å². The first-order valence-corrected chi connectivity index (χ1v) is 10.1. The van der Waals surface area contributed by atoms with Crippen LogP contribution in [0, 0.1) is 0 Å². The lowest BCUT2D eigenvalue weighted by Crippen LogP contribution is -2.40. The molecule has 6 nitrogen and oxygen atoms in total. The minimum Gasteiger partial charge on any atom is -0.386 e. The maximum Gasteiger partial charge on any atom is 0.248 e. The average Bonchev–Trinajstić information content (AvgIpc) is 3.30. The topological polar surface area (TPSA) is 77.0 Å². The van der Waals surface area contributed by atoms with E-state index < -0.39 is 6.10 Å². The summed E-state index contributed by atoms with van der Waals surface area (Å²) >= 11 is 7.25. The van der Waals surface area contributed by atoms with Crippen LogP contribution in [0.5, 0.6) is 0 Å². The van der Waals surface area contributed by atoms with E-state index in [1.807, 2.05) is 25.1 Å². The molecular weight excluding hydrogens is 384 g/mol. The summed E-state index contributed by atoms with van der Waals surface area (Å²) in [7, 11) is 0. The van der Waals surface area contributed by atoms with Crippen LogP contribution >= 0.6 is 22.9 Å². The summed E-state index contributed by atoms with van der Waals surface area (Å²) in [6.45, 7) is 3.63. The molecule has 0 aliphatic carbocycles. The molecule has 0 fully saturated rings. The summed E-state index contributed by atoms with van der Waals surface area (Å²) in [6.07, 6.45) is 0.187. The highest BCUT2D eigenvalue weighted by Crippen LogP contribution is 2.27. The highest BCUT2D eigenvalue weighted by atomic mass is 35.5. The highest BCUT2D eigenvalue weighted by Gasteiger charge is 2.23. The second-order valence-electron chi connectivity index (χ2n) is 6.16. The number of fused-ring (bicyclic) bond motifs is 1. The molecule has 1 unspecified atom stereocenters. The maximum atomic E-state index is 12.6. The Morgan fingerprint density at radius 2 is 2.15 bits per heavy atom. The molecule has 3 N–H and O–H groups in total. The van der Waals surface area contributed by atoms with Gasteiger partial charge < -0.3 is 20.6 Å². The van der Waals surface area contributed by atoms with Gasteiger partial charge in [0.1, 0.15) is 12.6 Å². The normalized spacial score (nSPS) is 14.8. The van der Waals surface area contributed by atoms with Gasteiger partial charge in [-0.3, -0.25) is 4.79 Å². The van der Waals surface area contributed by atoms with E-state index in [1.54, 1.807) is 17.0 Å². The van der Waals surface area contributed by atoms with Gasteiger partial charge in [-0.05, 0) is 37.1 Å². The van der Waals surface area contributed by atoms with E-state index in [0.717, 1.165) is 17.0 Å². The Bertz CT molecular complexity index is 824. The number of amides is 1. The number of carbonyl (C=O) groups is 1. The van der Waals surface area contributed by atoms with Crippen LogP contribution in [0.2, 0.25) is 4.34 Å². The smallest absolute Gasteiger partial charge is 0.248 e. The monoisotopic (exact) mass is 406 g/mol. The number of hydrogen-bond donors (Lipinski definition) is 3. The minimum absolute atomic E-state index is 0.0391. The number of nitrogens with zero attached hydrogens (tertiary/aromatic N) is 2. The summed E-state index contributed by atoms with van der Waals surface area (Å²) in [6, 6.07) is 11.5. The highest BCUT2D eigenvalue weighted by molar-refractivity contribution is 7.16. The lowest BCUT2D eigenvalue weighted by Gasteiger charge is -2.17. The van der Waals surface area contributed by atoms with Crippen molar-refractivity contribution >= 4 is 40.5 Å². The van der Waals surface area contributed by atoms with Crippen LogP contribution in [0.15, 0.2) is 41.4 Å². The number of anilines is 1. The average molecular weight is 407 g/mol. The van der Waals surface area contributed by atoms with Crippen molar-refractivity contribution in [1.29, 1.82) is 0 Å². The second-order valence-corrected chi connectivity index (χ2v) is 7.90. The number of rotatable bonds is 6. The van der Waals surface area contributed by atoms with Gasteiger partial charge in [-0.2, -0.15) is 0 Å². The van der Waals surface area contributed by atoms with Gasteiger partial charge in [0.05, 0.1) is 4.34 Å². The summed E-state index contributed by atoms with van der Waals surface area (Å²) in [5.41, 5.74) is 2.17. The van der Waals surface area contributed by atoms with E-state index in [4.69, 9.17) is 11.6 Å². The molecule has 1 atom stereocenters. The number of thiophene rings is 1. The first-order valence-electron chi connectivity index (χ1n) is 8.92. The Morgan fingerprint density at radius 3 is 2.89 bits per heavy atom. The van der Waals surface area contributed by atoms with Gasteiger partial charge in [-0.1, -0.05) is 29.8 Å². The zero-order chi connectivity index (χ0) is 19.2. The Morgan fingerprint density at radius 1 is 1.33 bits per heavy atom. The SMILES string of the molecule is CCNC(=NCC(=O)N1CCc2ccccc21)NCC(O)c1ccc(Cl)s1. The fraction of sp³-hybridized carbons (Fsp3) is 0.368. The zero-order valence-electron chi connectivity index (χ0n) is 15.1. The molecule has 0 radical (unpaired) electrons. The fourth-order valence-electron chi connectivity index (χ4n) is 2.97. The Labute approximate surface area is 167 Å². The first kappa shape index (κ1) is 19.7. The lowest BCUT2D eigenvalue weighted by molar-refractivity contribution is -0.117. The van der Waals surface area contributed by atoms with Crippen molar-refractivity contribution in [2.75, 3.05) is 31.1 Å². The van der Waals surface area contributed by atoms with Crippen LogP contribution < -0.4 is 15.5 Å². The first-order chi connectivity index (χ1) is 13.1. The predicted molar refractivity (Wildman–Crippen MR) is 111 cm³/mol. The Balaban J connectivity index is 1.58. The number of guanidine groups is 1. The molecule has 1 amide bonds.